The molecule has 2 rings (SSSR count). The van der Waals surface area contributed by atoms with Gasteiger partial charge in [0.15, 0.2) is 0 Å². The molecule has 0 aromatic carbocycles. The van der Waals surface area contributed by atoms with E-state index >= 15 is 0 Å². The van der Waals surface area contributed by atoms with Gasteiger partial charge in [-0.25, -0.2) is 0 Å². The van der Waals surface area contributed by atoms with E-state index in [1.54, 1.807) is 0 Å². The molecular weight excluding hydrogens is 222 g/mol. The van der Waals surface area contributed by atoms with Crippen LogP contribution in [0.25, 0.3) is 0 Å². The van der Waals surface area contributed by atoms with Crippen LogP contribution in [0.1, 0.15) is 53.4 Å². The third-order valence-corrected chi connectivity index (χ3v) is 5.06. The third-order valence-electron chi connectivity index (χ3n) is 5.06. The first-order valence-electron chi connectivity index (χ1n) is 7.96. The highest BCUT2D eigenvalue weighted by Gasteiger charge is 2.38. The van der Waals surface area contributed by atoms with Gasteiger partial charge in [-0.3, -0.25) is 0 Å². The predicted octanol–water partition coefficient (Wildman–Crippen LogP) is 3.46. The molecule has 0 spiro atoms. The standard InChI is InChI=1S/C16H31NO/c1-5-17-16(15-6-7-18-13(15)4)14-9-11(2)8-12(3)10-14/h11-17H,5-10H2,1-4H3. The Kier molecular flexibility index (Phi) is 5.08. The molecule has 0 amide bonds. The van der Waals surface area contributed by atoms with E-state index in [2.05, 4.69) is 33.0 Å². The highest BCUT2D eigenvalue weighted by Crippen LogP contribution is 2.39. The van der Waals surface area contributed by atoms with Crippen molar-refractivity contribution in [1.29, 1.82) is 0 Å². The van der Waals surface area contributed by atoms with Crippen LogP contribution in [0.5, 0.6) is 0 Å². The highest BCUT2D eigenvalue weighted by molar-refractivity contribution is 4.91. The number of ether oxygens (including phenoxy) is 1. The van der Waals surface area contributed by atoms with Gasteiger partial charge in [-0.05, 0) is 56.9 Å². The van der Waals surface area contributed by atoms with Crippen LogP contribution >= 0.6 is 0 Å². The number of hydrogen-bond donors (Lipinski definition) is 1. The van der Waals surface area contributed by atoms with Gasteiger partial charge in [-0.1, -0.05) is 20.8 Å². The molecule has 2 fully saturated rings. The van der Waals surface area contributed by atoms with Gasteiger partial charge in [-0.15, -0.1) is 0 Å². The maximum absolute atomic E-state index is 5.80. The SMILES string of the molecule is CCNC(C1CC(C)CC(C)C1)C1CCOC1C. The first-order valence-corrected chi connectivity index (χ1v) is 7.96. The van der Waals surface area contributed by atoms with Crippen molar-refractivity contribution in [3.8, 4) is 0 Å². The summed E-state index contributed by atoms with van der Waals surface area (Å²) in [6.07, 6.45) is 5.93. The summed E-state index contributed by atoms with van der Waals surface area (Å²) in [5.41, 5.74) is 0. The molecule has 5 atom stereocenters. The average molecular weight is 253 g/mol. The molecule has 0 aromatic heterocycles. The summed E-state index contributed by atoms with van der Waals surface area (Å²) in [7, 11) is 0. The van der Waals surface area contributed by atoms with Crippen LogP contribution in [0.3, 0.4) is 0 Å². The Morgan fingerprint density at radius 2 is 1.78 bits per heavy atom. The Balaban J connectivity index is 2.03. The molecule has 1 saturated heterocycles. The zero-order valence-corrected chi connectivity index (χ0v) is 12.6. The Morgan fingerprint density at radius 3 is 2.28 bits per heavy atom. The summed E-state index contributed by atoms with van der Waals surface area (Å²) >= 11 is 0. The number of rotatable bonds is 4. The number of nitrogens with one attached hydrogen (secondary N) is 1. The lowest BCUT2D eigenvalue weighted by atomic mass is 9.70. The summed E-state index contributed by atoms with van der Waals surface area (Å²) in [6.45, 7) is 11.4. The van der Waals surface area contributed by atoms with Gasteiger partial charge in [0.25, 0.3) is 0 Å². The van der Waals surface area contributed by atoms with Gasteiger partial charge in [0.2, 0.25) is 0 Å². The molecule has 1 heterocycles. The smallest absolute Gasteiger partial charge is 0.0590 e. The van der Waals surface area contributed by atoms with Crippen LogP contribution in [0.4, 0.5) is 0 Å². The zero-order valence-electron chi connectivity index (χ0n) is 12.6. The fourth-order valence-electron chi connectivity index (χ4n) is 4.43. The van der Waals surface area contributed by atoms with E-state index in [1.807, 2.05) is 0 Å². The van der Waals surface area contributed by atoms with Gasteiger partial charge in [-0.2, -0.15) is 0 Å². The van der Waals surface area contributed by atoms with E-state index in [4.69, 9.17) is 4.74 Å². The first kappa shape index (κ1) is 14.3. The van der Waals surface area contributed by atoms with Crippen LogP contribution in [-0.2, 0) is 4.74 Å². The molecule has 1 aliphatic heterocycles. The van der Waals surface area contributed by atoms with Crippen molar-refractivity contribution in [1.82, 2.24) is 5.32 Å². The zero-order chi connectivity index (χ0) is 13.1. The summed E-state index contributed by atoms with van der Waals surface area (Å²) in [5, 5.41) is 3.79. The normalized spacial score (nSPS) is 43.0. The monoisotopic (exact) mass is 253 g/mol. The van der Waals surface area contributed by atoms with Crippen LogP contribution in [0.2, 0.25) is 0 Å². The van der Waals surface area contributed by atoms with Crippen molar-refractivity contribution < 1.29 is 4.74 Å². The van der Waals surface area contributed by atoms with E-state index < -0.39 is 0 Å². The van der Waals surface area contributed by atoms with Crippen LogP contribution < -0.4 is 5.32 Å². The van der Waals surface area contributed by atoms with Crippen LogP contribution in [0, 0.1) is 23.7 Å². The molecule has 18 heavy (non-hydrogen) atoms. The van der Waals surface area contributed by atoms with Gasteiger partial charge in [0.05, 0.1) is 6.10 Å². The average Bonchev–Trinajstić information content (AvgIpc) is 2.71. The van der Waals surface area contributed by atoms with Gasteiger partial charge >= 0.3 is 0 Å². The Morgan fingerprint density at radius 1 is 1.11 bits per heavy atom. The molecule has 1 saturated carbocycles. The lowest BCUT2D eigenvalue weighted by Gasteiger charge is -2.40. The summed E-state index contributed by atoms with van der Waals surface area (Å²) in [5.74, 6) is 3.39. The Bertz CT molecular complexity index is 245. The lowest BCUT2D eigenvalue weighted by molar-refractivity contribution is 0.0721. The van der Waals surface area contributed by atoms with Gasteiger partial charge in [0, 0.05) is 18.6 Å². The van der Waals surface area contributed by atoms with Gasteiger partial charge < -0.3 is 10.1 Å². The minimum absolute atomic E-state index is 0.446. The maximum atomic E-state index is 5.80. The van der Waals surface area contributed by atoms with E-state index in [1.165, 1.54) is 25.7 Å². The summed E-state index contributed by atoms with van der Waals surface area (Å²) in [4.78, 5) is 0. The van der Waals surface area contributed by atoms with Crippen LogP contribution in [0.15, 0.2) is 0 Å². The molecule has 0 bridgehead atoms. The Hall–Kier alpha value is -0.0800. The van der Waals surface area contributed by atoms with Crippen molar-refractivity contribution in [2.75, 3.05) is 13.2 Å². The first-order chi connectivity index (χ1) is 8.61. The van der Waals surface area contributed by atoms with Crippen LogP contribution in [-0.4, -0.2) is 25.3 Å². The lowest BCUT2D eigenvalue weighted by Crippen LogP contribution is -2.46. The van der Waals surface area contributed by atoms with E-state index in [9.17, 15) is 0 Å². The second-order valence-corrected chi connectivity index (χ2v) is 6.79. The molecule has 0 radical (unpaired) electrons. The molecule has 2 nitrogen and oxygen atoms in total. The van der Waals surface area contributed by atoms with E-state index in [0.29, 0.717) is 12.1 Å². The summed E-state index contributed by atoms with van der Waals surface area (Å²) in [6, 6.07) is 0.678. The fraction of sp³-hybridized carbons (Fsp3) is 1.00. The molecule has 106 valence electrons. The molecular formula is C16H31NO. The molecule has 1 aliphatic carbocycles. The molecule has 2 aliphatic rings. The topological polar surface area (TPSA) is 21.3 Å². The van der Waals surface area contributed by atoms with Crippen molar-refractivity contribution in [2.45, 2.75) is 65.5 Å². The third kappa shape index (κ3) is 3.27. The largest absolute Gasteiger partial charge is 0.378 e. The molecule has 0 aromatic rings. The predicted molar refractivity (Wildman–Crippen MR) is 76.7 cm³/mol. The Labute approximate surface area is 113 Å². The highest BCUT2D eigenvalue weighted by atomic mass is 16.5. The molecule has 1 N–H and O–H groups in total. The second kappa shape index (κ2) is 6.38. The fourth-order valence-corrected chi connectivity index (χ4v) is 4.43. The minimum Gasteiger partial charge on any atom is -0.378 e. The maximum Gasteiger partial charge on any atom is 0.0590 e. The van der Waals surface area contributed by atoms with Gasteiger partial charge in [0.1, 0.15) is 0 Å². The quantitative estimate of drug-likeness (QED) is 0.828. The van der Waals surface area contributed by atoms with Crippen molar-refractivity contribution >= 4 is 0 Å². The second-order valence-electron chi connectivity index (χ2n) is 6.79. The van der Waals surface area contributed by atoms with Crippen molar-refractivity contribution in [3.63, 3.8) is 0 Å². The summed E-state index contributed by atoms with van der Waals surface area (Å²) < 4.78 is 5.80. The molecule has 5 unspecified atom stereocenters. The van der Waals surface area contributed by atoms with E-state index in [0.717, 1.165) is 36.8 Å². The van der Waals surface area contributed by atoms with Crippen molar-refractivity contribution in [3.05, 3.63) is 0 Å². The minimum atomic E-state index is 0.446. The number of hydrogen-bond acceptors (Lipinski definition) is 2. The van der Waals surface area contributed by atoms with E-state index in [-0.39, 0.29) is 0 Å². The molecule has 2 heteroatoms. The van der Waals surface area contributed by atoms with Crippen molar-refractivity contribution in [2.24, 2.45) is 23.7 Å².